The first kappa shape index (κ1) is 13.4. The minimum absolute atomic E-state index is 0.303. The molecule has 0 bridgehead atoms. The van der Waals surface area contributed by atoms with Crippen molar-refractivity contribution in [2.45, 2.75) is 13.5 Å². The molecule has 2 rings (SSSR count). The third-order valence-electron chi connectivity index (χ3n) is 2.57. The van der Waals surface area contributed by atoms with Gasteiger partial charge in [0.05, 0.1) is 0 Å². The molecule has 0 heterocycles. The number of phenols is 1. The Balaban J connectivity index is 2.13. The van der Waals surface area contributed by atoms with Gasteiger partial charge in [-0.05, 0) is 48.9 Å². The van der Waals surface area contributed by atoms with Crippen molar-refractivity contribution in [2.24, 2.45) is 0 Å². The van der Waals surface area contributed by atoms with Gasteiger partial charge in [0, 0.05) is 26.7 Å². The zero-order valence-corrected chi connectivity index (χ0v) is 13.0. The summed E-state index contributed by atoms with van der Waals surface area (Å²) in [5, 5.41) is 13.1. The van der Waals surface area contributed by atoms with Gasteiger partial charge in [-0.15, -0.1) is 0 Å². The van der Waals surface area contributed by atoms with Gasteiger partial charge < -0.3 is 10.4 Å². The van der Waals surface area contributed by atoms with E-state index in [1.165, 1.54) is 5.56 Å². The van der Waals surface area contributed by atoms with Crippen molar-refractivity contribution in [3.63, 3.8) is 0 Å². The lowest BCUT2D eigenvalue weighted by molar-refractivity contribution is 0.469. The molecule has 2 aromatic rings. The Kier molecular flexibility index (Phi) is 4.30. The molecule has 2 N–H and O–H groups in total. The number of phenolic OH excluding ortho intramolecular Hbond substituents is 1. The summed E-state index contributed by atoms with van der Waals surface area (Å²) in [5.41, 5.74) is 3.08. The maximum Gasteiger partial charge on any atom is 0.120 e. The minimum Gasteiger partial charge on any atom is -0.508 e. The largest absolute Gasteiger partial charge is 0.508 e. The van der Waals surface area contributed by atoms with Crippen LogP contribution in [0.2, 0.25) is 0 Å². The van der Waals surface area contributed by atoms with E-state index in [0.29, 0.717) is 12.3 Å². The summed E-state index contributed by atoms with van der Waals surface area (Å²) in [5.74, 6) is 0.303. The smallest absolute Gasteiger partial charge is 0.120 e. The molecule has 0 aromatic heterocycles. The number of hydrogen-bond acceptors (Lipinski definition) is 2. The fraction of sp³-hybridized carbons (Fsp3) is 0.143. The molecule has 94 valence electrons. The molecular formula is C14H13Br2NO. The van der Waals surface area contributed by atoms with Crippen molar-refractivity contribution in [3.05, 3.63) is 56.5 Å². The lowest BCUT2D eigenvalue weighted by Gasteiger charge is -2.10. The Morgan fingerprint density at radius 3 is 2.56 bits per heavy atom. The molecule has 2 nitrogen and oxygen atoms in total. The highest BCUT2D eigenvalue weighted by atomic mass is 79.9. The fourth-order valence-electron chi connectivity index (χ4n) is 1.73. The molecule has 0 aliphatic carbocycles. The number of hydrogen-bond donors (Lipinski definition) is 2. The second-order valence-corrected chi connectivity index (χ2v) is 5.98. The quantitative estimate of drug-likeness (QED) is 0.810. The number of aryl methyl sites for hydroxylation is 1. The normalized spacial score (nSPS) is 10.4. The van der Waals surface area contributed by atoms with Gasteiger partial charge in [0.2, 0.25) is 0 Å². The van der Waals surface area contributed by atoms with Crippen molar-refractivity contribution in [1.29, 1.82) is 0 Å². The van der Waals surface area contributed by atoms with Crippen LogP contribution < -0.4 is 5.32 Å². The van der Waals surface area contributed by atoms with Crippen LogP contribution in [-0.2, 0) is 6.54 Å². The standard InChI is InChI=1S/C14H13Br2NO/c1-9-4-12(16)7-13(5-9)17-8-10-6-11(15)2-3-14(10)18/h2-7,17-18H,8H2,1H3. The van der Waals surface area contributed by atoms with E-state index in [-0.39, 0.29) is 0 Å². The van der Waals surface area contributed by atoms with Crippen LogP contribution in [0.4, 0.5) is 5.69 Å². The third kappa shape index (κ3) is 3.50. The Labute approximate surface area is 123 Å². The number of benzene rings is 2. The van der Waals surface area contributed by atoms with E-state index in [2.05, 4.69) is 49.3 Å². The number of halogens is 2. The molecule has 0 saturated carbocycles. The lowest BCUT2D eigenvalue weighted by atomic mass is 10.2. The van der Waals surface area contributed by atoms with Crippen molar-refractivity contribution < 1.29 is 5.11 Å². The Morgan fingerprint density at radius 1 is 1.06 bits per heavy atom. The van der Waals surface area contributed by atoms with Crippen molar-refractivity contribution >= 4 is 37.5 Å². The van der Waals surface area contributed by atoms with Crippen LogP contribution in [0.3, 0.4) is 0 Å². The first-order valence-corrected chi connectivity index (χ1v) is 7.11. The summed E-state index contributed by atoms with van der Waals surface area (Å²) in [4.78, 5) is 0. The highest BCUT2D eigenvalue weighted by Crippen LogP contribution is 2.24. The molecule has 2 aromatic carbocycles. The number of anilines is 1. The highest BCUT2D eigenvalue weighted by molar-refractivity contribution is 9.10. The third-order valence-corrected chi connectivity index (χ3v) is 3.52. The van der Waals surface area contributed by atoms with Gasteiger partial charge in [-0.2, -0.15) is 0 Å². The highest BCUT2D eigenvalue weighted by Gasteiger charge is 2.02. The predicted octanol–water partition coefficient (Wildman–Crippen LogP) is 4.84. The Morgan fingerprint density at radius 2 is 1.83 bits per heavy atom. The molecular weight excluding hydrogens is 358 g/mol. The van der Waals surface area contributed by atoms with Gasteiger partial charge in [-0.3, -0.25) is 0 Å². The zero-order valence-electron chi connectivity index (χ0n) is 9.87. The molecule has 0 fully saturated rings. The predicted molar refractivity (Wildman–Crippen MR) is 82.0 cm³/mol. The maximum atomic E-state index is 9.75. The van der Waals surface area contributed by atoms with Crippen LogP contribution >= 0.6 is 31.9 Å². The Hall–Kier alpha value is -1.00. The van der Waals surface area contributed by atoms with E-state index < -0.39 is 0 Å². The van der Waals surface area contributed by atoms with E-state index in [4.69, 9.17) is 0 Å². The second-order valence-electron chi connectivity index (χ2n) is 4.14. The van der Waals surface area contributed by atoms with Gasteiger partial charge >= 0.3 is 0 Å². The van der Waals surface area contributed by atoms with E-state index in [9.17, 15) is 5.11 Å². The van der Waals surface area contributed by atoms with Crippen LogP contribution in [0.25, 0.3) is 0 Å². The average molecular weight is 371 g/mol. The van der Waals surface area contributed by atoms with Crippen molar-refractivity contribution in [2.75, 3.05) is 5.32 Å². The summed E-state index contributed by atoms with van der Waals surface area (Å²) >= 11 is 6.87. The maximum absolute atomic E-state index is 9.75. The second kappa shape index (κ2) is 5.76. The van der Waals surface area contributed by atoms with E-state index in [1.54, 1.807) is 6.07 Å². The summed E-state index contributed by atoms with van der Waals surface area (Å²) in [6.45, 7) is 2.63. The molecule has 0 atom stereocenters. The number of nitrogens with one attached hydrogen (secondary N) is 1. The molecule has 4 heteroatoms. The molecule has 0 unspecified atom stereocenters. The molecule has 0 saturated heterocycles. The minimum atomic E-state index is 0.303. The van der Waals surface area contributed by atoms with E-state index >= 15 is 0 Å². The van der Waals surface area contributed by atoms with Gasteiger partial charge in [-0.25, -0.2) is 0 Å². The summed E-state index contributed by atoms with van der Waals surface area (Å²) in [6.07, 6.45) is 0. The van der Waals surface area contributed by atoms with Gasteiger partial charge in [0.25, 0.3) is 0 Å². The summed E-state index contributed by atoms with van der Waals surface area (Å²) in [7, 11) is 0. The first-order valence-electron chi connectivity index (χ1n) is 5.53. The molecule has 18 heavy (non-hydrogen) atoms. The van der Waals surface area contributed by atoms with Crippen LogP contribution in [-0.4, -0.2) is 5.11 Å². The van der Waals surface area contributed by atoms with Crippen LogP contribution in [0.5, 0.6) is 5.75 Å². The first-order chi connectivity index (χ1) is 8.54. The van der Waals surface area contributed by atoms with Crippen LogP contribution in [0.15, 0.2) is 45.3 Å². The molecule has 0 spiro atoms. The van der Waals surface area contributed by atoms with E-state index in [0.717, 1.165) is 20.2 Å². The van der Waals surface area contributed by atoms with Gasteiger partial charge in [0.1, 0.15) is 5.75 Å². The summed E-state index contributed by atoms with van der Waals surface area (Å²) < 4.78 is 2.01. The van der Waals surface area contributed by atoms with Gasteiger partial charge in [-0.1, -0.05) is 31.9 Å². The molecule has 0 radical (unpaired) electrons. The summed E-state index contributed by atoms with van der Waals surface area (Å²) in [6, 6.07) is 11.6. The topological polar surface area (TPSA) is 32.3 Å². The fourth-order valence-corrected chi connectivity index (χ4v) is 2.75. The van der Waals surface area contributed by atoms with Gasteiger partial charge in [0.15, 0.2) is 0 Å². The zero-order chi connectivity index (χ0) is 13.1. The molecule has 0 aliphatic heterocycles. The number of rotatable bonds is 3. The van der Waals surface area contributed by atoms with Crippen molar-refractivity contribution in [3.8, 4) is 5.75 Å². The lowest BCUT2D eigenvalue weighted by Crippen LogP contribution is -2.00. The molecule has 0 aliphatic rings. The molecule has 0 amide bonds. The van der Waals surface area contributed by atoms with Crippen LogP contribution in [0, 0.1) is 6.92 Å². The SMILES string of the molecule is Cc1cc(Br)cc(NCc2cc(Br)ccc2O)c1. The van der Waals surface area contributed by atoms with Crippen LogP contribution in [0.1, 0.15) is 11.1 Å². The van der Waals surface area contributed by atoms with Crippen molar-refractivity contribution in [1.82, 2.24) is 0 Å². The van der Waals surface area contributed by atoms with E-state index in [1.807, 2.05) is 25.1 Å². The number of aromatic hydroxyl groups is 1. The average Bonchev–Trinajstić information content (AvgIpc) is 2.29. The Bertz CT molecular complexity index is 549. The monoisotopic (exact) mass is 369 g/mol.